The van der Waals surface area contributed by atoms with Gasteiger partial charge in [0.15, 0.2) is 5.41 Å². The molecule has 4 aromatic rings. The van der Waals surface area contributed by atoms with Gasteiger partial charge in [-0.05, 0) is 52.6 Å². The minimum atomic E-state index is -4.47. The first kappa shape index (κ1) is 32.5. The topological polar surface area (TPSA) is 114 Å². The van der Waals surface area contributed by atoms with Gasteiger partial charge < -0.3 is 20.7 Å². The lowest BCUT2D eigenvalue weighted by Gasteiger charge is -2.30. The minimum Gasteiger partial charge on any atom is -0.463 e. The molecule has 0 bridgehead atoms. The van der Waals surface area contributed by atoms with E-state index in [9.17, 15) is 32.3 Å². The number of carbonyl (C=O) groups is 4. The maximum absolute atomic E-state index is 13.1. The number of hydrogen-bond acceptors (Lipinski definition) is 5. The molecule has 0 radical (unpaired) electrons. The van der Waals surface area contributed by atoms with E-state index in [1.165, 1.54) is 26.2 Å². The van der Waals surface area contributed by atoms with Crippen molar-refractivity contribution in [3.8, 4) is 11.1 Å². The van der Waals surface area contributed by atoms with Crippen molar-refractivity contribution in [3.05, 3.63) is 125 Å². The normalized spacial score (nSPS) is 11.3. The molecule has 3 amide bonds. The van der Waals surface area contributed by atoms with E-state index in [0.29, 0.717) is 27.9 Å². The number of rotatable bonds is 10. The Morgan fingerprint density at radius 2 is 1.27 bits per heavy atom. The molecule has 0 fully saturated rings. The minimum absolute atomic E-state index is 0.169. The fourth-order valence-electron chi connectivity index (χ4n) is 4.81. The summed E-state index contributed by atoms with van der Waals surface area (Å²) in [5.74, 6) is -2.43. The van der Waals surface area contributed by atoms with Crippen molar-refractivity contribution in [3.63, 3.8) is 0 Å². The Hall–Kier alpha value is -5.45. The Balaban J connectivity index is 1.43. The van der Waals surface area contributed by atoms with Crippen LogP contribution in [0.3, 0.4) is 0 Å². The number of esters is 1. The van der Waals surface area contributed by atoms with E-state index in [2.05, 4.69) is 16.0 Å². The zero-order valence-corrected chi connectivity index (χ0v) is 24.4. The number of hydrogen-bond donors (Lipinski definition) is 3. The van der Waals surface area contributed by atoms with Gasteiger partial charge in [0.25, 0.3) is 5.91 Å². The molecule has 0 saturated carbocycles. The maximum atomic E-state index is 13.1. The molecule has 0 aromatic heterocycles. The van der Waals surface area contributed by atoms with Gasteiger partial charge in [0.1, 0.15) is 6.61 Å². The van der Waals surface area contributed by atoms with Crippen molar-refractivity contribution in [1.29, 1.82) is 0 Å². The molecule has 0 aliphatic carbocycles. The first-order chi connectivity index (χ1) is 21.5. The van der Waals surface area contributed by atoms with Crippen LogP contribution in [0.25, 0.3) is 11.1 Å². The average Bonchev–Trinajstić information content (AvgIpc) is 3.05. The van der Waals surface area contributed by atoms with Crippen molar-refractivity contribution < 1.29 is 37.1 Å². The van der Waals surface area contributed by atoms with E-state index < -0.39 is 47.5 Å². The van der Waals surface area contributed by atoms with Gasteiger partial charge >= 0.3 is 12.1 Å². The predicted octanol–water partition coefficient (Wildman–Crippen LogP) is 5.14. The molecular weight excluding hydrogens is 587 g/mol. The molecule has 0 unspecified atom stereocenters. The van der Waals surface area contributed by atoms with Crippen LogP contribution < -0.4 is 16.0 Å². The Kier molecular flexibility index (Phi) is 10.0. The van der Waals surface area contributed by atoms with Crippen molar-refractivity contribution in [2.24, 2.45) is 0 Å². The third-order valence-electron chi connectivity index (χ3n) is 7.20. The number of ether oxygens (including phenoxy) is 1. The zero-order chi connectivity index (χ0) is 32.6. The van der Waals surface area contributed by atoms with Gasteiger partial charge in [-0.2, -0.15) is 13.2 Å². The van der Waals surface area contributed by atoms with Crippen LogP contribution in [0.1, 0.15) is 27.0 Å². The number of amides is 3. The summed E-state index contributed by atoms with van der Waals surface area (Å²) in [6.45, 7) is -0.526. The summed E-state index contributed by atoms with van der Waals surface area (Å²) in [5.41, 5.74) is -0.0864. The van der Waals surface area contributed by atoms with Gasteiger partial charge in [0.2, 0.25) is 11.8 Å². The molecule has 232 valence electrons. The highest BCUT2D eigenvalue weighted by molar-refractivity contribution is 6.11. The Morgan fingerprint density at radius 1 is 0.689 bits per heavy atom. The van der Waals surface area contributed by atoms with Crippen LogP contribution in [0.15, 0.2) is 103 Å². The van der Waals surface area contributed by atoms with Gasteiger partial charge in [0, 0.05) is 25.3 Å². The second kappa shape index (κ2) is 13.9. The number of halogens is 3. The number of likely N-dealkylation sites (N-methyl/N-ethyl adjacent to an activating group) is 2. The molecule has 0 heterocycles. The SMILES string of the molecule is CNC(=O)C(COC(=O)Cc1ccc(NC(=O)c2ccccc2-c2ccc(C(F)(F)F)cc2)cc1)(C(=O)NC)c1ccccc1. The molecule has 4 rings (SSSR count). The van der Waals surface area contributed by atoms with E-state index in [1.54, 1.807) is 78.9 Å². The van der Waals surface area contributed by atoms with Gasteiger partial charge in [-0.25, -0.2) is 0 Å². The summed E-state index contributed by atoms with van der Waals surface area (Å²) in [5, 5.41) is 7.72. The summed E-state index contributed by atoms with van der Waals surface area (Å²) >= 11 is 0. The van der Waals surface area contributed by atoms with Crippen LogP contribution in [-0.4, -0.2) is 44.4 Å². The number of benzene rings is 4. The molecule has 3 N–H and O–H groups in total. The summed E-state index contributed by atoms with van der Waals surface area (Å²) < 4.78 is 44.4. The second-order valence-corrected chi connectivity index (χ2v) is 10.0. The van der Waals surface area contributed by atoms with E-state index in [0.717, 1.165) is 12.1 Å². The zero-order valence-electron chi connectivity index (χ0n) is 24.4. The highest BCUT2D eigenvalue weighted by Crippen LogP contribution is 2.32. The van der Waals surface area contributed by atoms with Gasteiger partial charge in [0.05, 0.1) is 12.0 Å². The molecule has 11 heteroatoms. The van der Waals surface area contributed by atoms with Crippen LogP contribution in [0.2, 0.25) is 0 Å². The molecule has 0 spiro atoms. The number of anilines is 1. The maximum Gasteiger partial charge on any atom is 0.416 e. The summed E-state index contributed by atoms with van der Waals surface area (Å²) in [7, 11) is 2.77. The van der Waals surface area contributed by atoms with Crippen molar-refractivity contribution in [2.75, 3.05) is 26.0 Å². The Bertz CT molecular complexity index is 1660. The standard InChI is InChI=1S/C34H30F3N3O5/c1-38-31(43)33(32(44)39-2,24-8-4-3-5-9-24)21-45-29(41)20-22-12-18-26(19-13-22)40-30(42)28-11-7-6-10-27(28)23-14-16-25(17-15-23)34(35,36)37/h3-19H,20-21H2,1-2H3,(H,38,43)(H,39,44)(H,40,42). The van der Waals surface area contributed by atoms with Crippen LogP contribution in [0.5, 0.6) is 0 Å². The molecular formula is C34H30F3N3O5. The number of carbonyl (C=O) groups excluding carboxylic acids is 4. The summed E-state index contributed by atoms with van der Waals surface area (Å²) in [6, 6.07) is 25.8. The van der Waals surface area contributed by atoms with E-state index >= 15 is 0 Å². The second-order valence-electron chi connectivity index (χ2n) is 10.0. The monoisotopic (exact) mass is 617 g/mol. The van der Waals surface area contributed by atoms with Crippen LogP contribution in [-0.2, 0) is 37.1 Å². The molecule has 45 heavy (non-hydrogen) atoms. The molecule has 0 atom stereocenters. The molecule has 0 aliphatic heterocycles. The van der Waals surface area contributed by atoms with Crippen LogP contribution >= 0.6 is 0 Å². The average molecular weight is 618 g/mol. The highest BCUT2D eigenvalue weighted by atomic mass is 19.4. The van der Waals surface area contributed by atoms with Gasteiger partial charge in [-0.15, -0.1) is 0 Å². The predicted molar refractivity (Wildman–Crippen MR) is 162 cm³/mol. The lowest BCUT2D eigenvalue weighted by Crippen LogP contribution is -2.56. The quantitative estimate of drug-likeness (QED) is 0.169. The molecule has 8 nitrogen and oxygen atoms in total. The number of nitrogens with one attached hydrogen (secondary N) is 3. The van der Waals surface area contributed by atoms with E-state index in [1.807, 2.05) is 0 Å². The third kappa shape index (κ3) is 7.38. The van der Waals surface area contributed by atoms with E-state index in [4.69, 9.17) is 4.74 Å². The molecule has 4 aromatic carbocycles. The Morgan fingerprint density at radius 3 is 1.84 bits per heavy atom. The van der Waals surface area contributed by atoms with Gasteiger partial charge in [-0.3, -0.25) is 19.2 Å². The third-order valence-corrected chi connectivity index (χ3v) is 7.20. The largest absolute Gasteiger partial charge is 0.463 e. The smallest absolute Gasteiger partial charge is 0.416 e. The first-order valence-electron chi connectivity index (χ1n) is 13.8. The summed E-state index contributed by atoms with van der Waals surface area (Å²) in [6.07, 6.45) is -4.64. The highest BCUT2D eigenvalue weighted by Gasteiger charge is 2.48. The first-order valence-corrected chi connectivity index (χ1v) is 13.8. The van der Waals surface area contributed by atoms with Crippen LogP contribution in [0.4, 0.5) is 18.9 Å². The molecule has 0 aliphatic rings. The lowest BCUT2D eigenvalue weighted by molar-refractivity contribution is -0.150. The Labute approximate surface area is 257 Å². The van der Waals surface area contributed by atoms with Gasteiger partial charge in [-0.1, -0.05) is 72.8 Å². The van der Waals surface area contributed by atoms with Crippen molar-refractivity contribution in [1.82, 2.24) is 10.6 Å². The molecule has 0 saturated heterocycles. The van der Waals surface area contributed by atoms with Crippen molar-refractivity contribution >= 4 is 29.4 Å². The van der Waals surface area contributed by atoms with Crippen LogP contribution in [0, 0.1) is 0 Å². The lowest BCUT2D eigenvalue weighted by atomic mass is 9.79. The fraction of sp³-hybridized carbons (Fsp3) is 0.176. The van der Waals surface area contributed by atoms with Crippen molar-refractivity contribution in [2.45, 2.75) is 18.0 Å². The number of alkyl halides is 3. The fourth-order valence-corrected chi connectivity index (χ4v) is 4.81. The summed E-state index contributed by atoms with van der Waals surface area (Å²) in [4.78, 5) is 51.8. The van der Waals surface area contributed by atoms with E-state index in [-0.39, 0.29) is 12.0 Å².